The van der Waals surface area contributed by atoms with Crippen molar-refractivity contribution in [3.63, 3.8) is 0 Å². The number of anilines is 6. The summed E-state index contributed by atoms with van der Waals surface area (Å²) >= 11 is 16.1. The van der Waals surface area contributed by atoms with Crippen LogP contribution in [0.2, 0.25) is 10.0 Å². The van der Waals surface area contributed by atoms with Crippen LogP contribution < -0.4 is 9.80 Å². The van der Waals surface area contributed by atoms with Crippen molar-refractivity contribution in [1.29, 1.82) is 0 Å². The number of halogens is 2. The van der Waals surface area contributed by atoms with Gasteiger partial charge in [0, 0.05) is 174 Å². The third-order valence-electron chi connectivity index (χ3n) is 25.8. The van der Waals surface area contributed by atoms with Gasteiger partial charge in [0.2, 0.25) is 0 Å². The summed E-state index contributed by atoms with van der Waals surface area (Å²) in [6, 6.07) is 123. The molecule has 0 N–H and O–H groups in total. The predicted octanol–water partition coefficient (Wildman–Crippen LogP) is 34.2. The predicted molar refractivity (Wildman–Crippen MR) is 508 cm³/mol. The van der Waals surface area contributed by atoms with Gasteiger partial charge in [-0.2, -0.15) is 0 Å². The molecular weight excluding hydrogens is 1550 g/mol. The number of hydrogen-bond donors (Lipinski definition) is 0. The van der Waals surface area contributed by atoms with Crippen molar-refractivity contribution in [1.82, 2.24) is 0 Å². The summed E-state index contributed by atoms with van der Waals surface area (Å²) in [5.41, 5.74) is 27.6. The van der Waals surface area contributed by atoms with E-state index in [1.54, 1.807) is 0 Å². The van der Waals surface area contributed by atoms with Crippen molar-refractivity contribution in [2.24, 2.45) is 0 Å². The van der Waals surface area contributed by atoms with Gasteiger partial charge in [-0.05, 0) is 223 Å². The average Bonchev–Trinajstić information content (AvgIpc) is 1.51. The zero-order valence-electron chi connectivity index (χ0n) is 65.4. The lowest BCUT2D eigenvalue weighted by molar-refractivity contribution is 0.660. The number of nitrogens with zero attached hydrogens (tertiary/aromatic N) is 2. The summed E-state index contributed by atoms with van der Waals surface area (Å²) in [6.07, 6.45) is 0. The van der Waals surface area contributed by atoms with E-state index in [1.165, 1.54) is 84.9 Å². The van der Waals surface area contributed by atoms with E-state index in [9.17, 15) is 0 Å². The van der Waals surface area contributed by atoms with Crippen LogP contribution in [0.4, 0.5) is 34.1 Å². The van der Waals surface area contributed by atoms with Crippen LogP contribution in [-0.2, 0) is 10.8 Å². The highest BCUT2D eigenvalue weighted by atomic mass is 35.5. The van der Waals surface area contributed by atoms with Crippen LogP contribution in [0.5, 0.6) is 0 Å². The summed E-state index contributed by atoms with van der Waals surface area (Å²) in [6.45, 7) is 9.43. The Morgan fingerprint density at radius 1 is 0.233 bits per heavy atom. The van der Waals surface area contributed by atoms with Crippen molar-refractivity contribution >= 4 is 230 Å². The lowest BCUT2D eigenvalue weighted by Gasteiger charge is -2.28. The first-order valence-electron chi connectivity index (χ1n) is 40.7. The molecule has 18 aromatic carbocycles. The van der Waals surface area contributed by atoms with Gasteiger partial charge in [-0.25, -0.2) is 0 Å². The highest BCUT2D eigenvalue weighted by Gasteiger charge is 2.38. The summed E-state index contributed by atoms with van der Waals surface area (Å²) < 4.78 is 32.1. The summed E-state index contributed by atoms with van der Waals surface area (Å²) in [7, 11) is 0. The Hall–Kier alpha value is -13.7. The molecule has 0 bridgehead atoms. The molecule has 0 saturated carbocycles. The molecule has 0 spiro atoms. The second kappa shape index (κ2) is 25.9. The Labute approximate surface area is 706 Å². The van der Waals surface area contributed by atoms with Gasteiger partial charge < -0.3 is 27.5 Å². The Morgan fingerprint density at radius 2 is 0.558 bits per heavy atom. The van der Waals surface area contributed by atoms with Crippen LogP contribution in [0.25, 0.3) is 194 Å². The smallest absolute Gasteiger partial charge is 0.143 e. The quantitative estimate of drug-likeness (QED) is 0.151. The first-order valence-corrected chi connectivity index (χ1v) is 43.1. The van der Waals surface area contributed by atoms with Crippen LogP contribution in [0.15, 0.2) is 357 Å². The fraction of sp³-hybridized carbons (Fsp3) is 0.0545. The molecule has 2 aliphatic rings. The van der Waals surface area contributed by atoms with E-state index in [4.69, 9.17) is 40.9 Å². The largest absolute Gasteiger partial charge is 0.456 e. The maximum Gasteiger partial charge on any atom is 0.143 e. The van der Waals surface area contributed by atoms with E-state index in [1.807, 2.05) is 77.3 Å². The van der Waals surface area contributed by atoms with Crippen LogP contribution in [0.1, 0.15) is 49.9 Å². The molecule has 120 heavy (non-hydrogen) atoms. The average molecular weight is 1620 g/mol. The van der Waals surface area contributed by atoms with Crippen LogP contribution >= 0.6 is 45.9 Å². The highest BCUT2D eigenvalue weighted by molar-refractivity contribution is 7.26. The minimum Gasteiger partial charge on any atom is -0.456 e. The van der Waals surface area contributed by atoms with Crippen LogP contribution in [0.3, 0.4) is 0 Å². The molecule has 6 heterocycles. The lowest BCUT2D eigenvalue weighted by Crippen LogP contribution is -2.16. The topological polar surface area (TPSA) is 59.0 Å². The molecule has 0 fully saturated rings. The van der Waals surface area contributed by atoms with Gasteiger partial charge in [0.15, 0.2) is 0 Å². The van der Waals surface area contributed by atoms with E-state index in [2.05, 4.69) is 323 Å². The van der Waals surface area contributed by atoms with E-state index in [0.717, 1.165) is 166 Å². The van der Waals surface area contributed by atoms with Gasteiger partial charge in [0.1, 0.15) is 44.7 Å². The Balaban J connectivity index is 0.000000207. The Kier molecular flexibility index (Phi) is 15.0. The second-order valence-corrected chi connectivity index (χ2v) is 36.2. The maximum absolute atomic E-state index is 7.31. The molecule has 6 aromatic heterocycles. The number of furan rings is 4. The van der Waals surface area contributed by atoms with E-state index in [0.29, 0.717) is 10.0 Å². The highest BCUT2D eigenvalue weighted by Crippen LogP contribution is 2.56. The zero-order chi connectivity index (χ0) is 79.7. The second-order valence-electron chi connectivity index (χ2n) is 33.2. The summed E-state index contributed by atoms with van der Waals surface area (Å²) in [5.74, 6) is 0. The standard InChI is InChI=1S/C82H54N2O2S2.C28H14Cl2O2/c1-81(2)68-22-12-8-18-55(68)57-32-26-49(40-70(57)81)83(53-30-36-63-61-20-10-14-24-75(61)87-77(63)44-53)51-28-34-59-66-38-48-39-67-60-35-29-52(43-73(60)86-80(67)79(47-16-6-5-7-17-47)65(48)46-74(66)85-72(59)42-51)84(54-31-37-64-62-21-11-15-25-76(62)88-78(64)45-54)50-27-33-58-56-19-9-13-23-69(56)82(3,4)71(58)41-50;29-17-6-8-19-22-10-16-11-23-20-9-7-18(30)13-25(20)32-28(23)27(15-4-2-1-3-5-15)21(16)14-26(22)31-24(19)12-17/h5-46H,1-4H3;1-14H. The molecule has 0 saturated heterocycles. The Morgan fingerprint density at radius 3 is 1.02 bits per heavy atom. The van der Waals surface area contributed by atoms with Crippen molar-refractivity contribution in [2.75, 3.05) is 9.80 Å². The Bertz CT molecular complexity index is 8540. The first kappa shape index (κ1) is 69.4. The molecule has 10 heteroatoms. The van der Waals surface area contributed by atoms with E-state index in [-0.39, 0.29) is 10.8 Å². The zero-order valence-corrected chi connectivity index (χ0v) is 68.6. The third kappa shape index (κ3) is 10.5. The summed E-state index contributed by atoms with van der Waals surface area (Å²) in [4.78, 5) is 4.84. The molecule has 0 atom stereocenters. The van der Waals surface area contributed by atoms with Gasteiger partial charge in [-0.15, -0.1) is 22.7 Å². The molecule has 0 amide bonds. The molecule has 0 radical (unpaired) electrons. The monoisotopic (exact) mass is 1610 g/mol. The van der Waals surface area contributed by atoms with Crippen molar-refractivity contribution in [3.8, 4) is 44.5 Å². The van der Waals surface area contributed by atoms with E-state index < -0.39 is 0 Å². The van der Waals surface area contributed by atoms with Gasteiger partial charge in [0.25, 0.3) is 0 Å². The van der Waals surface area contributed by atoms with Crippen LogP contribution in [-0.4, -0.2) is 0 Å². The minimum atomic E-state index is -0.162. The molecule has 6 nitrogen and oxygen atoms in total. The number of benzene rings is 18. The fourth-order valence-corrected chi connectivity index (χ4v) is 22.6. The normalized spacial score (nSPS) is 13.4. The minimum absolute atomic E-state index is 0.158. The molecule has 568 valence electrons. The number of hydrogen-bond acceptors (Lipinski definition) is 8. The van der Waals surface area contributed by atoms with Crippen molar-refractivity contribution < 1.29 is 17.7 Å². The molecular formula is C110H68Cl2N2O4S2. The molecule has 0 unspecified atom stereocenters. The molecule has 0 aliphatic heterocycles. The molecule has 26 rings (SSSR count). The van der Waals surface area contributed by atoms with Crippen molar-refractivity contribution in [2.45, 2.75) is 38.5 Å². The molecule has 2 aliphatic carbocycles. The van der Waals surface area contributed by atoms with Gasteiger partial charge >= 0.3 is 0 Å². The fourth-order valence-electron chi connectivity index (χ4n) is 20.0. The number of thiophene rings is 2. The van der Waals surface area contributed by atoms with Gasteiger partial charge in [-0.1, -0.05) is 221 Å². The molecule has 24 aromatic rings. The first-order chi connectivity index (χ1) is 58.7. The van der Waals surface area contributed by atoms with Gasteiger partial charge in [0.05, 0.1) is 0 Å². The summed E-state index contributed by atoms with van der Waals surface area (Å²) in [5, 5.41) is 19.4. The van der Waals surface area contributed by atoms with Crippen molar-refractivity contribution in [3.05, 3.63) is 372 Å². The van der Waals surface area contributed by atoms with E-state index >= 15 is 0 Å². The number of fused-ring (bicyclic) bond motifs is 26. The lowest BCUT2D eigenvalue weighted by atomic mass is 9.82. The maximum atomic E-state index is 7.31. The van der Waals surface area contributed by atoms with Crippen LogP contribution in [0, 0.1) is 0 Å². The number of rotatable bonds is 8. The third-order valence-corrected chi connectivity index (χ3v) is 28.5. The van der Waals surface area contributed by atoms with Gasteiger partial charge in [-0.3, -0.25) is 0 Å². The SMILES string of the molecule is CC1(C)c2ccccc2-c2ccc(N(c3ccc4c(c3)oc3cc5c(-c6ccccc6)c6oc7cc(N(c8ccc9c(c8)C(C)(C)c8ccccc8-9)c8ccc9c(c8)sc8ccccc89)ccc7c6cc5cc34)c3ccc4c(c3)sc3ccccc34)cc21.Clc1ccc2c(c1)oc1cc3c(-c4ccccc4)c4oc5cc(Cl)ccc5c4cc3cc12.